The van der Waals surface area contributed by atoms with Crippen LogP contribution in [0.25, 0.3) is 0 Å². The number of hydrogen-bond donors (Lipinski definition) is 1. The van der Waals surface area contributed by atoms with Crippen molar-refractivity contribution in [1.29, 1.82) is 0 Å². The maximum Gasteiger partial charge on any atom is 0.423 e. The van der Waals surface area contributed by atoms with Crippen LogP contribution in [0.15, 0.2) is 0 Å². The number of aromatic nitrogens is 2. The van der Waals surface area contributed by atoms with Gasteiger partial charge < -0.3 is 10.1 Å². The van der Waals surface area contributed by atoms with Crippen molar-refractivity contribution >= 4 is 0 Å². The lowest BCUT2D eigenvalue weighted by Crippen LogP contribution is -2.56. The van der Waals surface area contributed by atoms with Crippen molar-refractivity contribution in [3.63, 3.8) is 0 Å². The molecule has 1 aliphatic heterocycles. The Morgan fingerprint density at radius 2 is 1.86 bits per heavy atom. The highest BCUT2D eigenvalue weighted by molar-refractivity contribution is 5.35. The first-order valence-electron chi connectivity index (χ1n) is 6.99. The van der Waals surface area contributed by atoms with Crippen LogP contribution in [-0.2, 0) is 15.9 Å². The fourth-order valence-corrected chi connectivity index (χ4v) is 2.98. The van der Waals surface area contributed by atoms with Gasteiger partial charge in [-0.15, -0.1) is 0 Å². The molecule has 1 aliphatic rings. The molecule has 1 atom stereocenters. The van der Waals surface area contributed by atoms with Gasteiger partial charge in [0.25, 0.3) is 0 Å². The summed E-state index contributed by atoms with van der Waals surface area (Å²) in [5.74, 6) is 0. The Labute approximate surface area is 122 Å². The number of aryl methyl sites for hydroxylation is 1. The lowest BCUT2D eigenvalue weighted by molar-refractivity contribution is -0.290. The van der Waals surface area contributed by atoms with Crippen molar-refractivity contribution < 1.29 is 17.9 Å². The van der Waals surface area contributed by atoms with E-state index in [2.05, 4.69) is 10.4 Å². The van der Waals surface area contributed by atoms with Crippen LogP contribution in [0.4, 0.5) is 13.2 Å². The van der Waals surface area contributed by atoms with Crippen LogP contribution in [0.3, 0.4) is 0 Å². The highest BCUT2D eigenvalue weighted by atomic mass is 19.4. The molecule has 0 aromatic carbocycles. The largest absolute Gasteiger partial charge is 0.423 e. The molecule has 2 heterocycles. The van der Waals surface area contributed by atoms with Crippen molar-refractivity contribution in [1.82, 2.24) is 15.1 Å². The molecule has 0 bridgehead atoms. The fourth-order valence-electron chi connectivity index (χ4n) is 2.98. The Morgan fingerprint density at radius 1 is 1.24 bits per heavy atom. The van der Waals surface area contributed by atoms with E-state index in [9.17, 15) is 13.2 Å². The topological polar surface area (TPSA) is 39.1 Å². The number of nitrogens with zero attached hydrogens (tertiary/aromatic N) is 2. The van der Waals surface area contributed by atoms with Gasteiger partial charge in [0.05, 0.1) is 17.8 Å². The molecule has 7 heteroatoms. The molecule has 1 saturated heterocycles. The summed E-state index contributed by atoms with van der Waals surface area (Å²) >= 11 is 0. The molecule has 21 heavy (non-hydrogen) atoms. The average molecular weight is 305 g/mol. The van der Waals surface area contributed by atoms with Crippen molar-refractivity contribution in [2.75, 3.05) is 19.7 Å². The van der Waals surface area contributed by atoms with Crippen molar-refractivity contribution in [3.8, 4) is 0 Å². The van der Waals surface area contributed by atoms with Gasteiger partial charge in [-0.2, -0.15) is 18.3 Å². The van der Waals surface area contributed by atoms with Crippen LogP contribution in [0.5, 0.6) is 0 Å². The van der Waals surface area contributed by atoms with Gasteiger partial charge >= 0.3 is 6.18 Å². The first kappa shape index (κ1) is 16.3. The van der Waals surface area contributed by atoms with Crippen LogP contribution in [0.1, 0.15) is 37.7 Å². The molecule has 0 spiro atoms. The highest BCUT2D eigenvalue weighted by Gasteiger charge is 2.60. The zero-order valence-corrected chi connectivity index (χ0v) is 13.1. The third-order valence-corrected chi connectivity index (χ3v) is 3.79. The number of morpholine rings is 1. The molecule has 2 rings (SSSR count). The maximum absolute atomic E-state index is 13.7. The number of hydrogen-bond acceptors (Lipinski definition) is 3. The normalized spacial score (nSPS) is 24.4. The van der Waals surface area contributed by atoms with Crippen molar-refractivity contribution in [2.45, 2.75) is 51.9 Å². The van der Waals surface area contributed by atoms with Gasteiger partial charge in [0.1, 0.15) is 0 Å². The summed E-state index contributed by atoms with van der Waals surface area (Å²) < 4.78 is 48.1. The van der Waals surface area contributed by atoms with E-state index in [0.29, 0.717) is 17.9 Å². The third kappa shape index (κ3) is 2.57. The predicted octanol–water partition coefficient (Wildman–Crippen LogP) is 2.63. The van der Waals surface area contributed by atoms with E-state index < -0.39 is 11.8 Å². The molecule has 1 fully saturated rings. The zero-order valence-electron chi connectivity index (χ0n) is 13.1. The minimum atomic E-state index is -4.50. The number of nitrogens with one attached hydrogen (secondary N) is 1. The number of alkyl halides is 3. The summed E-state index contributed by atoms with van der Waals surface area (Å²) in [6.45, 7) is 9.18. The second-order valence-electron chi connectivity index (χ2n) is 6.48. The van der Waals surface area contributed by atoms with Crippen LogP contribution >= 0.6 is 0 Å². The number of halogens is 3. The van der Waals surface area contributed by atoms with Gasteiger partial charge in [0.15, 0.2) is 0 Å². The molecule has 0 amide bonds. The maximum atomic E-state index is 13.7. The van der Waals surface area contributed by atoms with E-state index in [1.807, 2.05) is 20.8 Å². The lowest BCUT2D eigenvalue weighted by Gasteiger charge is -2.39. The minimum absolute atomic E-state index is 0.0269. The van der Waals surface area contributed by atoms with E-state index >= 15 is 0 Å². The smallest absolute Gasteiger partial charge is 0.358 e. The first-order valence-corrected chi connectivity index (χ1v) is 6.99. The summed E-state index contributed by atoms with van der Waals surface area (Å²) in [4.78, 5) is 0. The van der Waals surface area contributed by atoms with Crippen molar-refractivity contribution in [3.05, 3.63) is 17.0 Å². The predicted molar refractivity (Wildman–Crippen MR) is 73.3 cm³/mol. The highest BCUT2D eigenvalue weighted by Crippen LogP contribution is 2.45. The van der Waals surface area contributed by atoms with Crippen LogP contribution < -0.4 is 5.32 Å². The summed E-state index contributed by atoms with van der Waals surface area (Å²) in [5.41, 5.74) is -1.70. The second-order valence-corrected chi connectivity index (χ2v) is 6.48. The molecule has 0 aliphatic carbocycles. The van der Waals surface area contributed by atoms with Gasteiger partial charge in [-0.3, -0.25) is 4.68 Å². The first-order chi connectivity index (χ1) is 9.51. The van der Waals surface area contributed by atoms with E-state index in [4.69, 9.17) is 4.74 Å². The van der Waals surface area contributed by atoms with Gasteiger partial charge in [0.2, 0.25) is 5.60 Å². The van der Waals surface area contributed by atoms with Gasteiger partial charge in [-0.25, -0.2) is 0 Å². The molecule has 0 radical (unpaired) electrons. The van der Waals surface area contributed by atoms with Crippen LogP contribution in [0.2, 0.25) is 0 Å². The number of rotatable bonds is 1. The van der Waals surface area contributed by atoms with Crippen LogP contribution in [-0.4, -0.2) is 35.7 Å². The fraction of sp³-hybridized carbons (Fsp3) is 0.786. The Bertz CT molecular complexity index is 523. The van der Waals surface area contributed by atoms with Gasteiger partial charge in [0, 0.05) is 24.3 Å². The molecule has 1 aromatic heterocycles. The Kier molecular flexibility index (Phi) is 3.87. The summed E-state index contributed by atoms with van der Waals surface area (Å²) in [5, 5.41) is 7.13. The molecular weight excluding hydrogens is 283 g/mol. The summed E-state index contributed by atoms with van der Waals surface area (Å²) in [6.07, 6.45) is -4.50. The van der Waals surface area contributed by atoms with E-state index in [-0.39, 0.29) is 24.3 Å². The molecule has 1 N–H and O–H groups in total. The van der Waals surface area contributed by atoms with E-state index in [1.165, 1.54) is 0 Å². The summed E-state index contributed by atoms with van der Waals surface area (Å²) in [7, 11) is 0. The Morgan fingerprint density at radius 3 is 2.24 bits per heavy atom. The van der Waals surface area contributed by atoms with E-state index in [0.717, 1.165) is 0 Å². The minimum Gasteiger partial charge on any atom is -0.358 e. The molecule has 1 unspecified atom stereocenters. The molecular formula is C14H22F3N3O. The second kappa shape index (κ2) is 4.98. The lowest BCUT2D eigenvalue weighted by atomic mass is 9.89. The Hall–Kier alpha value is -1.08. The van der Waals surface area contributed by atoms with Gasteiger partial charge in [-0.1, -0.05) is 0 Å². The molecule has 1 aromatic rings. The molecule has 120 valence electrons. The van der Waals surface area contributed by atoms with Gasteiger partial charge in [-0.05, 0) is 34.6 Å². The zero-order chi connectivity index (χ0) is 16.1. The number of ether oxygens (including phenoxy) is 1. The van der Waals surface area contributed by atoms with Crippen LogP contribution in [0, 0.1) is 13.8 Å². The monoisotopic (exact) mass is 305 g/mol. The molecule has 4 nitrogen and oxygen atoms in total. The van der Waals surface area contributed by atoms with E-state index in [1.54, 1.807) is 18.5 Å². The standard InChI is InChI=1S/C14H22F3N3O/c1-9-11(10(2)20(19-9)12(3,4)5)13(14(15,16)17)8-18-6-7-21-13/h18H,6-8H2,1-5H3. The Balaban J connectivity index is 2.65. The quantitative estimate of drug-likeness (QED) is 0.867. The third-order valence-electron chi connectivity index (χ3n) is 3.79. The SMILES string of the molecule is Cc1nn(C(C)(C)C)c(C)c1C1(C(F)(F)F)CNCCO1. The molecule has 0 saturated carbocycles. The average Bonchev–Trinajstić information content (AvgIpc) is 2.64. The van der Waals surface area contributed by atoms with Crippen molar-refractivity contribution in [2.24, 2.45) is 0 Å². The summed E-state index contributed by atoms with van der Waals surface area (Å²) in [6, 6.07) is 0.